The second-order valence-corrected chi connectivity index (χ2v) is 5.36. The third kappa shape index (κ3) is 3.27. The Morgan fingerprint density at radius 2 is 2.15 bits per heavy atom. The van der Waals surface area contributed by atoms with E-state index in [4.69, 9.17) is 4.42 Å². The standard InChI is InChI=1S/C14H16N2O3S/c1-3-6-15-14(18)12-9(2)8-11(20-12)16-13(17)10-5-4-7-19-10/h4-5,7-8H,3,6H2,1-2H3,(H,15,18)(H,16,17). The first-order valence-corrected chi connectivity index (χ1v) is 7.17. The Bertz CT molecular complexity index is 602. The van der Waals surface area contributed by atoms with Gasteiger partial charge >= 0.3 is 0 Å². The van der Waals surface area contributed by atoms with Gasteiger partial charge in [0.2, 0.25) is 0 Å². The predicted molar refractivity (Wildman–Crippen MR) is 78.3 cm³/mol. The Kier molecular flexibility index (Phi) is 4.57. The highest BCUT2D eigenvalue weighted by Crippen LogP contribution is 2.27. The Hall–Kier alpha value is -2.08. The summed E-state index contributed by atoms with van der Waals surface area (Å²) in [5.74, 6) is -0.183. The van der Waals surface area contributed by atoms with E-state index in [1.54, 1.807) is 18.2 Å². The van der Waals surface area contributed by atoms with E-state index in [9.17, 15) is 9.59 Å². The van der Waals surface area contributed by atoms with Crippen molar-refractivity contribution in [3.8, 4) is 0 Å². The molecule has 2 rings (SSSR count). The lowest BCUT2D eigenvalue weighted by molar-refractivity contribution is 0.0955. The molecular weight excluding hydrogens is 276 g/mol. The molecule has 0 saturated heterocycles. The average Bonchev–Trinajstić information content (AvgIpc) is 3.05. The normalized spacial score (nSPS) is 10.3. The lowest BCUT2D eigenvalue weighted by atomic mass is 10.2. The zero-order chi connectivity index (χ0) is 14.5. The molecular formula is C14H16N2O3S. The molecule has 2 N–H and O–H groups in total. The van der Waals surface area contributed by atoms with Crippen LogP contribution >= 0.6 is 11.3 Å². The van der Waals surface area contributed by atoms with Crippen molar-refractivity contribution in [2.24, 2.45) is 0 Å². The van der Waals surface area contributed by atoms with Gasteiger partial charge in [0.15, 0.2) is 5.76 Å². The molecule has 5 nitrogen and oxygen atoms in total. The molecule has 0 aromatic carbocycles. The van der Waals surface area contributed by atoms with Crippen molar-refractivity contribution >= 4 is 28.2 Å². The van der Waals surface area contributed by atoms with Gasteiger partial charge in [0.05, 0.1) is 16.1 Å². The molecule has 106 valence electrons. The highest BCUT2D eigenvalue weighted by atomic mass is 32.1. The summed E-state index contributed by atoms with van der Waals surface area (Å²) in [5, 5.41) is 6.18. The zero-order valence-electron chi connectivity index (χ0n) is 11.4. The number of furan rings is 1. The average molecular weight is 292 g/mol. The fourth-order valence-electron chi connectivity index (χ4n) is 1.67. The summed E-state index contributed by atoms with van der Waals surface area (Å²) >= 11 is 1.26. The molecule has 0 fully saturated rings. The Morgan fingerprint density at radius 3 is 2.80 bits per heavy atom. The molecule has 0 saturated carbocycles. The summed E-state index contributed by atoms with van der Waals surface area (Å²) in [7, 11) is 0. The van der Waals surface area contributed by atoms with Crippen molar-refractivity contribution < 1.29 is 14.0 Å². The maximum Gasteiger partial charge on any atom is 0.291 e. The van der Waals surface area contributed by atoms with Crippen molar-refractivity contribution in [1.29, 1.82) is 0 Å². The molecule has 6 heteroatoms. The molecule has 20 heavy (non-hydrogen) atoms. The molecule has 2 amide bonds. The summed E-state index contributed by atoms with van der Waals surface area (Å²) in [5.41, 5.74) is 0.846. The van der Waals surface area contributed by atoms with Crippen LogP contribution < -0.4 is 10.6 Å². The summed E-state index contributed by atoms with van der Waals surface area (Å²) in [6.07, 6.45) is 2.33. The van der Waals surface area contributed by atoms with Gasteiger partial charge in [-0.05, 0) is 37.1 Å². The van der Waals surface area contributed by atoms with Crippen LogP contribution in [-0.4, -0.2) is 18.4 Å². The number of carbonyl (C=O) groups is 2. The van der Waals surface area contributed by atoms with Crippen LogP contribution in [0.15, 0.2) is 28.9 Å². The highest BCUT2D eigenvalue weighted by Gasteiger charge is 2.15. The van der Waals surface area contributed by atoms with Crippen molar-refractivity contribution in [2.75, 3.05) is 11.9 Å². The van der Waals surface area contributed by atoms with Gasteiger partial charge in [0.25, 0.3) is 11.8 Å². The number of aryl methyl sites for hydroxylation is 1. The largest absolute Gasteiger partial charge is 0.459 e. The van der Waals surface area contributed by atoms with Gasteiger partial charge in [-0.2, -0.15) is 0 Å². The molecule has 0 unspecified atom stereocenters. The van der Waals surface area contributed by atoms with Gasteiger partial charge in [0, 0.05) is 6.54 Å². The monoisotopic (exact) mass is 292 g/mol. The third-order valence-corrected chi connectivity index (χ3v) is 3.79. The lowest BCUT2D eigenvalue weighted by Gasteiger charge is -2.01. The number of thiophene rings is 1. The van der Waals surface area contributed by atoms with Crippen LogP contribution in [0.25, 0.3) is 0 Å². The summed E-state index contributed by atoms with van der Waals surface area (Å²) in [4.78, 5) is 24.4. The first kappa shape index (κ1) is 14.3. The lowest BCUT2D eigenvalue weighted by Crippen LogP contribution is -2.23. The number of nitrogens with one attached hydrogen (secondary N) is 2. The first-order chi connectivity index (χ1) is 9.61. The van der Waals surface area contributed by atoms with Crippen molar-refractivity contribution in [3.63, 3.8) is 0 Å². The molecule has 0 bridgehead atoms. The van der Waals surface area contributed by atoms with Gasteiger partial charge < -0.3 is 15.1 Å². The van der Waals surface area contributed by atoms with Crippen LogP contribution in [-0.2, 0) is 0 Å². The van der Waals surface area contributed by atoms with E-state index in [-0.39, 0.29) is 17.6 Å². The predicted octanol–water partition coefficient (Wildman–Crippen LogP) is 3.04. The first-order valence-electron chi connectivity index (χ1n) is 6.35. The molecule has 0 aliphatic rings. The molecule has 0 aliphatic heterocycles. The Morgan fingerprint density at radius 1 is 1.35 bits per heavy atom. The Labute approximate surface area is 121 Å². The molecule has 2 aromatic rings. The number of anilines is 1. The van der Waals surface area contributed by atoms with E-state index >= 15 is 0 Å². The molecule has 0 radical (unpaired) electrons. The minimum atomic E-state index is -0.322. The van der Waals surface area contributed by atoms with Crippen LogP contribution in [0.3, 0.4) is 0 Å². The molecule has 2 heterocycles. The summed E-state index contributed by atoms with van der Waals surface area (Å²) < 4.78 is 5.02. The molecule has 0 aliphatic carbocycles. The highest BCUT2D eigenvalue weighted by molar-refractivity contribution is 7.18. The fraction of sp³-hybridized carbons (Fsp3) is 0.286. The van der Waals surface area contributed by atoms with E-state index in [1.807, 2.05) is 13.8 Å². The Balaban J connectivity index is 2.07. The molecule has 0 spiro atoms. The van der Waals surface area contributed by atoms with Gasteiger partial charge in [0.1, 0.15) is 0 Å². The van der Waals surface area contributed by atoms with Crippen LogP contribution in [0.1, 0.15) is 39.1 Å². The number of amides is 2. The van der Waals surface area contributed by atoms with Crippen molar-refractivity contribution in [3.05, 3.63) is 40.7 Å². The number of rotatable bonds is 5. The van der Waals surface area contributed by atoms with E-state index < -0.39 is 0 Å². The number of hydrogen-bond donors (Lipinski definition) is 2. The van der Waals surface area contributed by atoms with E-state index in [0.717, 1.165) is 12.0 Å². The third-order valence-electron chi connectivity index (χ3n) is 2.64. The van der Waals surface area contributed by atoms with Crippen molar-refractivity contribution in [1.82, 2.24) is 5.32 Å². The quantitative estimate of drug-likeness (QED) is 0.889. The van der Waals surface area contributed by atoms with Crippen molar-refractivity contribution in [2.45, 2.75) is 20.3 Å². The van der Waals surface area contributed by atoms with E-state index in [0.29, 0.717) is 16.4 Å². The summed E-state index contributed by atoms with van der Waals surface area (Å²) in [6.45, 7) is 4.49. The topological polar surface area (TPSA) is 71.3 Å². The van der Waals surface area contributed by atoms with E-state index in [2.05, 4.69) is 10.6 Å². The number of carbonyl (C=O) groups excluding carboxylic acids is 2. The minimum absolute atomic E-state index is 0.104. The maximum absolute atomic E-state index is 11.9. The smallest absolute Gasteiger partial charge is 0.291 e. The SMILES string of the molecule is CCCNC(=O)c1sc(NC(=O)c2ccco2)cc1C. The fourth-order valence-corrected chi connectivity index (χ4v) is 2.65. The van der Waals surface area contributed by atoms with Crippen LogP contribution in [0, 0.1) is 6.92 Å². The van der Waals surface area contributed by atoms with Gasteiger partial charge in [-0.1, -0.05) is 6.92 Å². The zero-order valence-corrected chi connectivity index (χ0v) is 12.2. The summed E-state index contributed by atoms with van der Waals surface area (Å²) in [6, 6.07) is 5.02. The minimum Gasteiger partial charge on any atom is -0.459 e. The van der Waals surface area contributed by atoms with Crippen LogP contribution in [0.4, 0.5) is 5.00 Å². The second-order valence-electron chi connectivity index (χ2n) is 4.31. The maximum atomic E-state index is 11.9. The van der Waals surface area contributed by atoms with E-state index in [1.165, 1.54) is 17.6 Å². The van der Waals surface area contributed by atoms with Crippen LogP contribution in [0.5, 0.6) is 0 Å². The molecule has 2 aromatic heterocycles. The second kappa shape index (κ2) is 6.38. The van der Waals surface area contributed by atoms with Crippen LogP contribution in [0.2, 0.25) is 0 Å². The van der Waals surface area contributed by atoms with Gasteiger partial charge in [-0.15, -0.1) is 11.3 Å². The van der Waals surface area contributed by atoms with Gasteiger partial charge in [-0.3, -0.25) is 9.59 Å². The number of hydrogen-bond acceptors (Lipinski definition) is 4. The molecule has 0 atom stereocenters. The van der Waals surface area contributed by atoms with Gasteiger partial charge in [-0.25, -0.2) is 0 Å².